The Morgan fingerprint density at radius 3 is 2.67 bits per heavy atom. The summed E-state index contributed by atoms with van der Waals surface area (Å²) in [5, 5.41) is 4.97. The van der Waals surface area contributed by atoms with Crippen molar-refractivity contribution in [3.05, 3.63) is 98.8 Å². The highest BCUT2D eigenvalue weighted by Gasteiger charge is 2.14. The number of ether oxygens (including phenoxy) is 3. The molecule has 1 aliphatic rings. The van der Waals surface area contributed by atoms with E-state index in [9.17, 15) is 4.79 Å². The minimum Gasteiger partial charge on any atom is -0.497 e. The highest BCUT2D eigenvalue weighted by molar-refractivity contribution is 6.31. The summed E-state index contributed by atoms with van der Waals surface area (Å²) in [5.41, 5.74) is 3.37. The number of aromatic nitrogens is 1. The quantitative estimate of drug-likeness (QED) is 0.430. The highest BCUT2D eigenvalue weighted by Crippen LogP contribution is 2.32. The lowest BCUT2D eigenvalue weighted by Gasteiger charge is -2.15. The van der Waals surface area contributed by atoms with Crippen LogP contribution in [0.4, 0.5) is 0 Å². The molecule has 5 rings (SSSR count). The van der Waals surface area contributed by atoms with E-state index in [1.165, 1.54) is 0 Å². The number of halogens is 1. The summed E-state index contributed by atoms with van der Waals surface area (Å²) in [6.45, 7) is 1.65. The van der Waals surface area contributed by atoms with E-state index in [0.29, 0.717) is 36.0 Å². The Morgan fingerprint density at radius 1 is 0.970 bits per heavy atom. The summed E-state index contributed by atoms with van der Waals surface area (Å²) in [6, 6.07) is 21.1. The lowest BCUT2D eigenvalue weighted by atomic mass is 10.1. The van der Waals surface area contributed by atoms with Gasteiger partial charge in [-0.05, 0) is 52.9 Å². The van der Waals surface area contributed by atoms with Crippen LogP contribution in [0.15, 0.2) is 71.5 Å². The maximum Gasteiger partial charge on any atom is 0.255 e. The number of rotatable bonds is 7. The number of methoxy groups -OCH3 is 1. The molecule has 33 heavy (non-hydrogen) atoms. The number of benzene rings is 3. The molecule has 0 saturated heterocycles. The smallest absolute Gasteiger partial charge is 0.255 e. The van der Waals surface area contributed by atoms with E-state index in [0.717, 1.165) is 33.5 Å². The van der Waals surface area contributed by atoms with Crippen LogP contribution in [0.2, 0.25) is 5.02 Å². The minimum absolute atomic E-state index is 0.0612. The maximum absolute atomic E-state index is 13.5. The summed E-state index contributed by atoms with van der Waals surface area (Å²) < 4.78 is 18.0. The Labute approximate surface area is 196 Å². The molecule has 0 saturated carbocycles. The van der Waals surface area contributed by atoms with E-state index >= 15 is 0 Å². The summed E-state index contributed by atoms with van der Waals surface area (Å²) in [6.07, 6.45) is 0. The third kappa shape index (κ3) is 4.40. The van der Waals surface area contributed by atoms with Crippen molar-refractivity contribution < 1.29 is 14.2 Å². The van der Waals surface area contributed by atoms with Crippen LogP contribution in [-0.2, 0) is 19.6 Å². The predicted molar refractivity (Wildman–Crippen MR) is 128 cm³/mol. The van der Waals surface area contributed by atoms with Gasteiger partial charge in [-0.3, -0.25) is 4.79 Å². The zero-order valence-electron chi connectivity index (χ0n) is 18.1. The van der Waals surface area contributed by atoms with Gasteiger partial charge in [0.05, 0.1) is 19.2 Å². The van der Waals surface area contributed by atoms with Gasteiger partial charge in [0.1, 0.15) is 5.75 Å². The van der Waals surface area contributed by atoms with Gasteiger partial charge >= 0.3 is 0 Å². The van der Waals surface area contributed by atoms with Crippen molar-refractivity contribution in [2.75, 3.05) is 13.9 Å². The molecule has 1 aromatic heterocycles. The molecule has 6 nitrogen and oxygen atoms in total. The second-order valence-corrected chi connectivity index (χ2v) is 8.28. The lowest BCUT2D eigenvalue weighted by molar-refractivity contribution is 0.174. The van der Waals surface area contributed by atoms with Crippen LogP contribution in [0.25, 0.3) is 10.9 Å². The molecule has 168 valence electrons. The van der Waals surface area contributed by atoms with Crippen molar-refractivity contribution in [2.45, 2.75) is 19.6 Å². The SMILES string of the molecule is COc1ccc2cc(CNCc3ccc4c(c3)OCO4)c(=O)n(Cc3ccccc3Cl)c2c1. The molecule has 0 spiro atoms. The topological polar surface area (TPSA) is 61.7 Å². The molecule has 0 unspecified atom stereocenters. The van der Waals surface area contributed by atoms with Gasteiger partial charge in [-0.15, -0.1) is 0 Å². The normalized spacial score (nSPS) is 12.3. The van der Waals surface area contributed by atoms with E-state index in [-0.39, 0.29) is 12.4 Å². The number of hydrogen-bond donors (Lipinski definition) is 1. The van der Waals surface area contributed by atoms with E-state index in [1.807, 2.05) is 66.7 Å². The average molecular weight is 463 g/mol. The molecule has 1 aliphatic heterocycles. The van der Waals surface area contributed by atoms with Crippen molar-refractivity contribution >= 4 is 22.5 Å². The molecule has 4 aromatic rings. The van der Waals surface area contributed by atoms with E-state index in [4.69, 9.17) is 25.8 Å². The van der Waals surface area contributed by atoms with Crippen molar-refractivity contribution in [3.63, 3.8) is 0 Å². The van der Waals surface area contributed by atoms with Crippen LogP contribution in [0, 0.1) is 0 Å². The Balaban J connectivity index is 1.45. The van der Waals surface area contributed by atoms with Crippen molar-refractivity contribution in [2.24, 2.45) is 0 Å². The summed E-state index contributed by atoms with van der Waals surface area (Å²) >= 11 is 6.40. The zero-order chi connectivity index (χ0) is 22.8. The van der Waals surface area contributed by atoms with Gasteiger partial charge in [-0.1, -0.05) is 35.9 Å². The first-order chi connectivity index (χ1) is 16.1. The molecular weight excluding hydrogens is 440 g/mol. The van der Waals surface area contributed by atoms with Gasteiger partial charge in [0.15, 0.2) is 11.5 Å². The number of hydrogen-bond acceptors (Lipinski definition) is 5. The second-order valence-electron chi connectivity index (χ2n) is 7.87. The fourth-order valence-corrected chi connectivity index (χ4v) is 4.21. The fourth-order valence-electron chi connectivity index (χ4n) is 4.01. The van der Waals surface area contributed by atoms with Crippen molar-refractivity contribution in [1.82, 2.24) is 9.88 Å². The van der Waals surface area contributed by atoms with Crippen LogP contribution in [0.5, 0.6) is 17.2 Å². The molecule has 3 aromatic carbocycles. The standard InChI is InChI=1S/C26H23ClN2O4/c1-31-21-8-7-18-11-20(14-28-13-17-6-9-24-25(10-17)33-16-32-24)26(30)29(23(18)12-21)15-19-4-2-3-5-22(19)27/h2-12,28H,13-16H2,1H3. The number of pyridine rings is 1. The number of nitrogens with one attached hydrogen (secondary N) is 1. The largest absolute Gasteiger partial charge is 0.497 e. The number of fused-ring (bicyclic) bond motifs is 2. The number of nitrogens with zero attached hydrogens (tertiary/aromatic N) is 1. The zero-order valence-corrected chi connectivity index (χ0v) is 18.9. The molecule has 0 amide bonds. The van der Waals surface area contributed by atoms with E-state index in [1.54, 1.807) is 11.7 Å². The molecule has 0 atom stereocenters. The van der Waals surface area contributed by atoms with Gasteiger partial charge < -0.3 is 24.1 Å². The molecule has 2 heterocycles. The second kappa shape index (κ2) is 9.17. The van der Waals surface area contributed by atoms with Gasteiger partial charge in [0.2, 0.25) is 6.79 Å². The van der Waals surface area contributed by atoms with Gasteiger partial charge in [-0.2, -0.15) is 0 Å². The summed E-state index contributed by atoms with van der Waals surface area (Å²) in [5.74, 6) is 2.20. The Bertz CT molecular complexity index is 1380. The Hall–Kier alpha value is -3.48. The van der Waals surface area contributed by atoms with Gasteiger partial charge in [0, 0.05) is 29.7 Å². The van der Waals surface area contributed by atoms with Crippen LogP contribution in [0.3, 0.4) is 0 Å². The van der Waals surface area contributed by atoms with Gasteiger partial charge in [-0.25, -0.2) is 0 Å². The van der Waals surface area contributed by atoms with Crippen LogP contribution < -0.4 is 25.1 Å². The maximum atomic E-state index is 13.5. The van der Waals surface area contributed by atoms with E-state index < -0.39 is 0 Å². The molecule has 0 bridgehead atoms. The first-order valence-electron chi connectivity index (χ1n) is 10.7. The molecule has 0 radical (unpaired) electrons. The average Bonchev–Trinajstić information content (AvgIpc) is 3.30. The Morgan fingerprint density at radius 2 is 1.82 bits per heavy atom. The third-order valence-corrected chi connectivity index (χ3v) is 6.11. The van der Waals surface area contributed by atoms with Crippen LogP contribution >= 0.6 is 11.6 Å². The molecule has 0 aliphatic carbocycles. The monoisotopic (exact) mass is 462 g/mol. The van der Waals surface area contributed by atoms with Crippen LogP contribution in [0.1, 0.15) is 16.7 Å². The van der Waals surface area contributed by atoms with Crippen LogP contribution in [-0.4, -0.2) is 18.5 Å². The minimum atomic E-state index is -0.0612. The fraction of sp³-hybridized carbons (Fsp3) is 0.192. The predicted octanol–water partition coefficient (Wildman–Crippen LogP) is 4.73. The third-order valence-electron chi connectivity index (χ3n) is 5.75. The van der Waals surface area contributed by atoms with E-state index in [2.05, 4.69) is 5.32 Å². The van der Waals surface area contributed by atoms with Crippen molar-refractivity contribution in [3.8, 4) is 17.2 Å². The molecule has 1 N–H and O–H groups in total. The lowest BCUT2D eigenvalue weighted by Crippen LogP contribution is -2.28. The van der Waals surface area contributed by atoms with Crippen molar-refractivity contribution in [1.29, 1.82) is 0 Å². The van der Waals surface area contributed by atoms with Gasteiger partial charge in [0.25, 0.3) is 5.56 Å². The summed E-state index contributed by atoms with van der Waals surface area (Å²) in [7, 11) is 1.62. The molecule has 0 fully saturated rings. The first kappa shape index (κ1) is 21.4. The highest BCUT2D eigenvalue weighted by atomic mass is 35.5. The summed E-state index contributed by atoms with van der Waals surface area (Å²) in [4.78, 5) is 13.5. The molecular formula is C26H23ClN2O4. The first-order valence-corrected chi connectivity index (χ1v) is 11.0. The Kier molecular flexibility index (Phi) is 5.94. The molecule has 7 heteroatoms.